The Balaban J connectivity index is 2.07. The molecule has 0 spiro atoms. The van der Waals surface area contributed by atoms with Gasteiger partial charge >= 0.3 is 0 Å². The van der Waals surface area contributed by atoms with Gasteiger partial charge in [0.1, 0.15) is 12.1 Å². The predicted octanol–water partition coefficient (Wildman–Crippen LogP) is 3.39. The lowest BCUT2D eigenvalue weighted by Crippen LogP contribution is -1.97. The summed E-state index contributed by atoms with van der Waals surface area (Å²) in [6.45, 7) is 0. The third kappa shape index (κ3) is 1.40. The molecule has 0 saturated carbocycles. The summed E-state index contributed by atoms with van der Waals surface area (Å²) in [6, 6.07) is 14.1. The van der Waals surface area contributed by atoms with Crippen molar-refractivity contribution in [3.63, 3.8) is 0 Å². The Labute approximate surface area is 116 Å². The summed E-state index contributed by atoms with van der Waals surface area (Å²) in [5, 5.41) is 0. The molecule has 1 heterocycles. The molecule has 1 unspecified atom stereocenters. The van der Waals surface area contributed by atoms with E-state index < -0.39 is 0 Å². The average molecular weight is 260 g/mol. The van der Waals surface area contributed by atoms with Crippen molar-refractivity contribution in [3.8, 4) is 22.5 Å². The fourth-order valence-electron chi connectivity index (χ4n) is 3.05. The smallest absolute Gasteiger partial charge is 0.137 e. The van der Waals surface area contributed by atoms with Gasteiger partial charge < -0.3 is 9.78 Å². The number of nitrogens with one attached hydrogen (secondary N) is 1. The minimum absolute atomic E-state index is 0.170. The molecule has 3 heteroatoms. The summed E-state index contributed by atoms with van der Waals surface area (Å²) in [6.07, 6.45) is 4.58. The van der Waals surface area contributed by atoms with Gasteiger partial charge in [-0.15, -0.1) is 0 Å². The molecule has 2 aromatic carbocycles. The lowest BCUT2D eigenvalue weighted by molar-refractivity contribution is -0.108. The molecule has 3 nitrogen and oxygen atoms in total. The van der Waals surface area contributed by atoms with Crippen molar-refractivity contribution in [3.05, 3.63) is 66.0 Å². The van der Waals surface area contributed by atoms with Gasteiger partial charge in [-0.1, -0.05) is 42.5 Å². The minimum Gasteiger partial charge on any atom is -0.345 e. The molecule has 0 radical (unpaired) electrons. The van der Waals surface area contributed by atoms with E-state index in [2.05, 4.69) is 16.0 Å². The molecular formula is C17H12N2O. The van der Waals surface area contributed by atoms with Crippen molar-refractivity contribution >= 4 is 6.29 Å². The van der Waals surface area contributed by atoms with Crippen LogP contribution in [0.4, 0.5) is 0 Å². The van der Waals surface area contributed by atoms with Crippen LogP contribution in [0.1, 0.15) is 17.0 Å². The maximum Gasteiger partial charge on any atom is 0.137 e. The number of aromatic nitrogens is 2. The molecule has 0 bridgehead atoms. The quantitative estimate of drug-likeness (QED) is 0.718. The first-order valence-corrected chi connectivity index (χ1v) is 6.57. The molecule has 0 fully saturated rings. The van der Waals surface area contributed by atoms with Gasteiger partial charge in [0.25, 0.3) is 0 Å². The third-order valence-electron chi connectivity index (χ3n) is 3.89. The van der Waals surface area contributed by atoms with Crippen LogP contribution in [0.25, 0.3) is 22.5 Å². The van der Waals surface area contributed by atoms with E-state index in [0.717, 1.165) is 39.9 Å². The van der Waals surface area contributed by atoms with Crippen molar-refractivity contribution in [2.75, 3.05) is 0 Å². The first-order chi connectivity index (χ1) is 9.90. The number of hydrogen-bond acceptors (Lipinski definition) is 2. The second kappa shape index (κ2) is 4.17. The van der Waals surface area contributed by atoms with Gasteiger partial charge in [-0.25, -0.2) is 4.98 Å². The Morgan fingerprint density at radius 3 is 2.60 bits per heavy atom. The number of aldehydes is 1. The average Bonchev–Trinajstić information content (AvgIpc) is 3.13. The molecule has 3 aromatic rings. The second-order valence-corrected chi connectivity index (χ2v) is 4.91. The van der Waals surface area contributed by atoms with Crippen LogP contribution in [0.5, 0.6) is 0 Å². The molecule has 1 aliphatic carbocycles. The number of nitrogens with zero attached hydrogens (tertiary/aromatic N) is 1. The van der Waals surface area contributed by atoms with Gasteiger partial charge in [0.15, 0.2) is 0 Å². The van der Waals surface area contributed by atoms with Gasteiger partial charge in [-0.2, -0.15) is 0 Å². The van der Waals surface area contributed by atoms with Crippen molar-refractivity contribution in [2.45, 2.75) is 5.92 Å². The van der Waals surface area contributed by atoms with Crippen LogP contribution >= 0.6 is 0 Å². The summed E-state index contributed by atoms with van der Waals surface area (Å²) < 4.78 is 0. The minimum atomic E-state index is -0.170. The van der Waals surface area contributed by atoms with E-state index in [4.69, 9.17) is 0 Å². The number of H-pyrrole nitrogens is 1. The first kappa shape index (κ1) is 11.2. The van der Waals surface area contributed by atoms with Crippen molar-refractivity contribution in [1.29, 1.82) is 0 Å². The summed E-state index contributed by atoms with van der Waals surface area (Å²) in [7, 11) is 0. The summed E-state index contributed by atoms with van der Waals surface area (Å²) in [4.78, 5) is 19.0. The zero-order chi connectivity index (χ0) is 13.5. The molecule has 0 amide bonds. The molecule has 1 N–H and O–H groups in total. The number of rotatable bonds is 2. The lowest BCUT2D eigenvalue weighted by Gasteiger charge is -2.08. The Morgan fingerprint density at radius 2 is 1.80 bits per heavy atom. The van der Waals surface area contributed by atoms with Crippen LogP contribution in [0.15, 0.2) is 54.9 Å². The fourth-order valence-corrected chi connectivity index (χ4v) is 3.05. The summed E-state index contributed by atoms with van der Waals surface area (Å²) in [5.41, 5.74) is 5.44. The van der Waals surface area contributed by atoms with Crippen LogP contribution in [0.3, 0.4) is 0 Å². The van der Waals surface area contributed by atoms with Gasteiger partial charge in [-0.05, 0) is 22.3 Å². The molecule has 96 valence electrons. The highest BCUT2D eigenvalue weighted by molar-refractivity contribution is 5.94. The molecule has 4 rings (SSSR count). The van der Waals surface area contributed by atoms with Crippen molar-refractivity contribution < 1.29 is 4.79 Å². The van der Waals surface area contributed by atoms with Crippen LogP contribution < -0.4 is 0 Å². The number of carbonyl (C=O) groups is 1. The normalized spacial score (nSPS) is 15.7. The molecule has 0 saturated heterocycles. The zero-order valence-corrected chi connectivity index (χ0v) is 10.7. The lowest BCUT2D eigenvalue weighted by atomic mass is 9.97. The van der Waals surface area contributed by atoms with Crippen LogP contribution in [-0.2, 0) is 4.79 Å². The van der Waals surface area contributed by atoms with E-state index in [0.29, 0.717) is 0 Å². The molecule has 0 aliphatic heterocycles. The molecule has 1 aromatic heterocycles. The highest BCUT2D eigenvalue weighted by Gasteiger charge is 2.30. The van der Waals surface area contributed by atoms with Crippen LogP contribution in [0, 0.1) is 0 Å². The molecule has 1 aliphatic rings. The van der Waals surface area contributed by atoms with Crippen LogP contribution in [-0.4, -0.2) is 16.3 Å². The van der Waals surface area contributed by atoms with Crippen molar-refractivity contribution in [2.24, 2.45) is 0 Å². The number of carbonyl (C=O) groups excluding carboxylic acids is 1. The number of benzene rings is 2. The predicted molar refractivity (Wildman–Crippen MR) is 77.4 cm³/mol. The van der Waals surface area contributed by atoms with E-state index in [-0.39, 0.29) is 5.92 Å². The largest absolute Gasteiger partial charge is 0.345 e. The highest BCUT2D eigenvalue weighted by Crippen LogP contribution is 2.47. The highest BCUT2D eigenvalue weighted by atomic mass is 16.1. The Hall–Kier alpha value is -2.68. The van der Waals surface area contributed by atoms with E-state index in [1.54, 1.807) is 6.20 Å². The maximum atomic E-state index is 11.5. The number of imidazole rings is 1. The monoisotopic (exact) mass is 260 g/mol. The molecular weight excluding hydrogens is 248 g/mol. The number of aromatic amines is 1. The SMILES string of the molecule is O=CC1c2ccccc2-c2c(-c3ncc[nH]3)cccc21. The molecule has 20 heavy (non-hydrogen) atoms. The van der Waals surface area contributed by atoms with E-state index in [9.17, 15) is 4.79 Å². The van der Waals surface area contributed by atoms with Crippen molar-refractivity contribution in [1.82, 2.24) is 9.97 Å². The van der Waals surface area contributed by atoms with Crippen LogP contribution in [0.2, 0.25) is 0 Å². The Kier molecular flexibility index (Phi) is 2.33. The van der Waals surface area contributed by atoms with E-state index >= 15 is 0 Å². The standard InChI is InChI=1S/C17H12N2O/c20-10-15-11-4-1-2-5-12(11)16-13(15)6-3-7-14(16)17-18-8-9-19-17/h1-10,15H,(H,18,19). The number of fused-ring (bicyclic) bond motifs is 3. The van der Waals surface area contributed by atoms with Gasteiger partial charge in [0.05, 0.1) is 5.92 Å². The van der Waals surface area contributed by atoms with Gasteiger partial charge in [0, 0.05) is 18.0 Å². The third-order valence-corrected chi connectivity index (χ3v) is 3.89. The summed E-state index contributed by atoms with van der Waals surface area (Å²) in [5.74, 6) is 0.666. The van der Waals surface area contributed by atoms with E-state index in [1.165, 1.54) is 0 Å². The van der Waals surface area contributed by atoms with E-state index in [1.807, 2.05) is 42.6 Å². The maximum absolute atomic E-state index is 11.5. The number of hydrogen-bond donors (Lipinski definition) is 1. The fraction of sp³-hybridized carbons (Fsp3) is 0.0588. The molecule has 1 atom stereocenters. The summed E-state index contributed by atoms with van der Waals surface area (Å²) >= 11 is 0. The van der Waals surface area contributed by atoms with Gasteiger partial charge in [-0.3, -0.25) is 0 Å². The Bertz CT molecular complexity index is 791. The zero-order valence-electron chi connectivity index (χ0n) is 10.7. The second-order valence-electron chi connectivity index (χ2n) is 4.91. The van der Waals surface area contributed by atoms with Gasteiger partial charge in [0.2, 0.25) is 0 Å². The first-order valence-electron chi connectivity index (χ1n) is 6.57. The topological polar surface area (TPSA) is 45.8 Å². The Morgan fingerprint density at radius 1 is 1.00 bits per heavy atom.